The van der Waals surface area contributed by atoms with Gasteiger partial charge in [-0.3, -0.25) is 4.79 Å². The Hall–Kier alpha value is -3.88. The fourth-order valence-electron chi connectivity index (χ4n) is 4.81. The van der Waals surface area contributed by atoms with Gasteiger partial charge in [0.05, 0.1) is 35.3 Å². The molecule has 8 heteroatoms. The quantitative estimate of drug-likeness (QED) is 0.217. The van der Waals surface area contributed by atoms with Crippen molar-refractivity contribution in [2.75, 3.05) is 6.54 Å². The van der Waals surface area contributed by atoms with E-state index in [1.54, 1.807) is 4.68 Å². The van der Waals surface area contributed by atoms with Gasteiger partial charge in [0.2, 0.25) is 0 Å². The van der Waals surface area contributed by atoms with Gasteiger partial charge >= 0.3 is 0 Å². The Kier molecular flexibility index (Phi) is 10.2. The summed E-state index contributed by atoms with van der Waals surface area (Å²) >= 11 is 0. The summed E-state index contributed by atoms with van der Waals surface area (Å²) in [6.45, 7) is 4.82. The Morgan fingerprint density at radius 1 is 0.950 bits per heavy atom. The molecule has 40 heavy (non-hydrogen) atoms. The fourth-order valence-corrected chi connectivity index (χ4v) is 4.81. The Morgan fingerprint density at radius 3 is 2.38 bits per heavy atom. The largest absolute Gasteiger partial charge is 0.390 e. The molecule has 6 nitrogen and oxygen atoms in total. The normalized spacial score (nSPS) is 12.7. The van der Waals surface area contributed by atoms with E-state index in [2.05, 4.69) is 34.8 Å². The number of aryl methyl sites for hydroxylation is 1. The Balaban J connectivity index is 1.53. The maximum atomic E-state index is 13.9. The van der Waals surface area contributed by atoms with E-state index in [-0.39, 0.29) is 13.0 Å². The fraction of sp³-hybridized carbons (Fsp3) is 0.312. The van der Waals surface area contributed by atoms with Gasteiger partial charge in [-0.2, -0.15) is 5.10 Å². The summed E-state index contributed by atoms with van der Waals surface area (Å²) in [6.07, 6.45) is 2.90. The van der Waals surface area contributed by atoms with Crippen molar-refractivity contribution in [2.45, 2.75) is 58.2 Å². The predicted molar refractivity (Wildman–Crippen MR) is 152 cm³/mol. The second-order valence-electron chi connectivity index (χ2n) is 9.94. The molecule has 1 amide bonds. The maximum Gasteiger partial charge on any atom is 0.255 e. The molecule has 210 valence electrons. The Morgan fingerprint density at radius 2 is 1.68 bits per heavy atom. The second kappa shape index (κ2) is 14.0. The van der Waals surface area contributed by atoms with Gasteiger partial charge < -0.3 is 15.7 Å². The number of carbonyl (C=O) groups excluding carboxylic acids is 1. The molecule has 1 heterocycles. The molecule has 3 aromatic carbocycles. The zero-order valence-electron chi connectivity index (χ0n) is 22.9. The molecule has 1 aromatic heterocycles. The van der Waals surface area contributed by atoms with Gasteiger partial charge in [0, 0.05) is 19.2 Å². The van der Waals surface area contributed by atoms with Crippen molar-refractivity contribution in [1.82, 2.24) is 20.4 Å². The SMILES string of the molecule is CCCc1c(C(=O)N[C@@H](Cc2cc(F)cc(F)c2)[C@@H](O)CNCc2cccc(CC)c2)cnn1-c1ccccc1. The second-order valence-corrected chi connectivity index (χ2v) is 9.94. The lowest BCUT2D eigenvalue weighted by Gasteiger charge is -2.25. The average Bonchev–Trinajstić information content (AvgIpc) is 3.36. The first kappa shape index (κ1) is 29.1. The van der Waals surface area contributed by atoms with Crippen molar-refractivity contribution in [3.63, 3.8) is 0 Å². The number of para-hydroxylation sites is 1. The number of aliphatic hydroxyl groups is 1. The monoisotopic (exact) mass is 546 g/mol. The average molecular weight is 547 g/mol. The molecule has 0 radical (unpaired) electrons. The highest BCUT2D eigenvalue weighted by Gasteiger charge is 2.26. The van der Waals surface area contributed by atoms with Crippen LogP contribution >= 0.6 is 0 Å². The van der Waals surface area contributed by atoms with Gasteiger partial charge in [-0.1, -0.05) is 62.7 Å². The smallest absolute Gasteiger partial charge is 0.255 e. The van der Waals surface area contributed by atoms with E-state index in [1.807, 2.05) is 49.4 Å². The lowest BCUT2D eigenvalue weighted by Crippen LogP contribution is -2.48. The van der Waals surface area contributed by atoms with Crippen LogP contribution in [0.25, 0.3) is 5.69 Å². The Labute approximate surface area is 234 Å². The van der Waals surface area contributed by atoms with Gasteiger partial charge in [-0.05, 0) is 60.2 Å². The molecule has 4 rings (SSSR count). The van der Waals surface area contributed by atoms with E-state index in [1.165, 1.54) is 23.9 Å². The van der Waals surface area contributed by atoms with Crippen molar-refractivity contribution in [3.8, 4) is 5.69 Å². The van der Waals surface area contributed by atoms with Gasteiger partial charge in [-0.25, -0.2) is 13.5 Å². The first-order valence-electron chi connectivity index (χ1n) is 13.7. The molecule has 0 aliphatic carbocycles. The molecule has 0 aliphatic heterocycles. The van der Waals surface area contributed by atoms with Crippen LogP contribution in [0.1, 0.15) is 53.0 Å². The Bertz CT molecular complexity index is 1390. The van der Waals surface area contributed by atoms with Crippen LogP contribution in [0.4, 0.5) is 8.78 Å². The van der Waals surface area contributed by atoms with Gasteiger partial charge in [0.25, 0.3) is 5.91 Å². The summed E-state index contributed by atoms with van der Waals surface area (Å²) in [7, 11) is 0. The van der Waals surface area contributed by atoms with Crippen molar-refractivity contribution in [2.24, 2.45) is 0 Å². The number of hydrogen-bond acceptors (Lipinski definition) is 4. The third-order valence-electron chi connectivity index (χ3n) is 6.84. The number of aliphatic hydroxyl groups excluding tert-OH is 1. The topological polar surface area (TPSA) is 79.2 Å². The van der Waals surface area contributed by atoms with Crippen molar-refractivity contribution in [1.29, 1.82) is 0 Å². The summed E-state index contributed by atoms with van der Waals surface area (Å²) in [6, 6.07) is 20.2. The minimum Gasteiger partial charge on any atom is -0.390 e. The molecule has 0 saturated heterocycles. The number of hydrogen-bond donors (Lipinski definition) is 3. The number of amides is 1. The summed E-state index contributed by atoms with van der Waals surface area (Å²) < 4.78 is 29.6. The molecule has 0 unspecified atom stereocenters. The molecular weight excluding hydrogens is 510 g/mol. The lowest BCUT2D eigenvalue weighted by molar-refractivity contribution is 0.0829. The minimum absolute atomic E-state index is 0.0462. The van der Waals surface area contributed by atoms with E-state index < -0.39 is 29.7 Å². The van der Waals surface area contributed by atoms with E-state index in [0.29, 0.717) is 24.1 Å². The standard InChI is InChI=1S/C32H36F2N4O2/c1-3-9-30-28(20-36-38(30)27-12-6-5-7-13-27)32(40)37-29(17-24-15-25(33)18-26(34)16-24)31(39)21-35-19-23-11-8-10-22(4-2)14-23/h5-8,10-16,18,20,29,31,35,39H,3-4,9,17,19,21H2,1-2H3,(H,37,40)/t29-,31-/m0/s1. The summed E-state index contributed by atoms with van der Waals surface area (Å²) in [5.41, 5.74) is 4.64. The first-order valence-corrected chi connectivity index (χ1v) is 13.7. The first-order chi connectivity index (χ1) is 19.4. The van der Waals surface area contributed by atoms with Crippen LogP contribution in [-0.2, 0) is 25.8 Å². The zero-order valence-corrected chi connectivity index (χ0v) is 22.9. The third kappa shape index (κ3) is 7.61. The van der Waals surface area contributed by atoms with Crippen LogP contribution in [0.2, 0.25) is 0 Å². The van der Waals surface area contributed by atoms with Crippen molar-refractivity contribution in [3.05, 3.63) is 119 Å². The van der Waals surface area contributed by atoms with Gasteiger partial charge in [0.1, 0.15) is 11.6 Å². The van der Waals surface area contributed by atoms with Crippen LogP contribution in [0, 0.1) is 11.6 Å². The van der Waals surface area contributed by atoms with E-state index in [4.69, 9.17) is 0 Å². The highest BCUT2D eigenvalue weighted by Crippen LogP contribution is 2.18. The number of rotatable bonds is 13. The highest BCUT2D eigenvalue weighted by atomic mass is 19.1. The van der Waals surface area contributed by atoms with Gasteiger partial charge in [-0.15, -0.1) is 0 Å². The number of nitrogens with zero attached hydrogens (tertiary/aromatic N) is 2. The third-order valence-corrected chi connectivity index (χ3v) is 6.84. The molecule has 0 fully saturated rings. The number of nitrogens with one attached hydrogen (secondary N) is 2. The van der Waals surface area contributed by atoms with E-state index in [9.17, 15) is 18.7 Å². The number of halogens is 2. The maximum absolute atomic E-state index is 13.9. The van der Waals surface area contributed by atoms with Gasteiger partial charge in [0.15, 0.2) is 0 Å². The van der Waals surface area contributed by atoms with Crippen molar-refractivity contribution >= 4 is 5.91 Å². The van der Waals surface area contributed by atoms with Crippen molar-refractivity contribution < 1.29 is 18.7 Å². The molecule has 3 N–H and O–H groups in total. The molecule has 4 aromatic rings. The van der Waals surface area contributed by atoms with Crippen LogP contribution in [-0.4, -0.2) is 39.5 Å². The summed E-state index contributed by atoms with van der Waals surface area (Å²) in [5.74, 6) is -1.82. The highest BCUT2D eigenvalue weighted by molar-refractivity contribution is 5.95. The molecule has 0 saturated carbocycles. The van der Waals surface area contributed by atoms with E-state index in [0.717, 1.165) is 35.9 Å². The number of benzene rings is 3. The van der Waals surface area contributed by atoms with Crippen LogP contribution in [0.3, 0.4) is 0 Å². The molecule has 0 bridgehead atoms. The molecule has 2 atom stereocenters. The van der Waals surface area contributed by atoms with Crippen LogP contribution < -0.4 is 10.6 Å². The number of aromatic nitrogens is 2. The van der Waals surface area contributed by atoms with Crippen LogP contribution in [0.5, 0.6) is 0 Å². The van der Waals surface area contributed by atoms with Crippen LogP contribution in [0.15, 0.2) is 79.0 Å². The molecule has 0 spiro atoms. The molecular formula is C32H36F2N4O2. The number of carbonyl (C=O) groups is 1. The predicted octanol–water partition coefficient (Wildman–Crippen LogP) is 5.16. The summed E-state index contributed by atoms with van der Waals surface area (Å²) in [5, 5.41) is 21.8. The van der Waals surface area contributed by atoms with E-state index >= 15 is 0 Å². The zero-order chi connectivity index (χ0) is 28.5. The lowest BCUT2D eigenvalue weighted by atomic mass is 9.99. The molecule has 0 aliphatic rings. The summed E-state index contributed by atoms with van der Waals surface area (Å²) in [4.78, 5) is 13.5. The minimum atomic E-state index is -1.02.